The zero-order chi connectivity index (χ0) is 32.3. The summed E-state index contributed by atoms with van der Waals surface area (Å²) in [5.74, 6) is -4.96. The Bertz CT molecular complexity index is 1120. The van der Waals surface area contributed by atoms with Crippen molar-refractivity contribution in [2.45, 2.75) is 95.6 Å². The smallest absolute Gasteiger partial charge is 0.336 e. The van der Waals surface area contributed by atoms with Gasteiger partial charge < -0.3 is 25.4 Å². The van der Waals surface area contributed by atoms with Crippen LogP contribution >= 0.6 is 0 Å². The summed E-state index contributed by atoms with van der Waals surface area (Å²) in [6, 6.07) is 4.63. The van der Waals surface area contributed by atoms with Crippen molar-refractivity contribution >= 4 is 27.7 Å². The molecular formula is C31H48FNO9S. The number of ether oxygens (including phenoxy) is 1. The van der Waals surface area contributed by atoms with E-state index in [1.165, 1.54) is 36.4 Å². The molecule has 0 aliphatic heterocycles. The van der Waals surface area contributed by atoms with Gasteiger partial charge in [-0.1, -0.05) is 69.7 Å². The fourth-order valence-electron chi connectivity index (χ4n) is 4.67. The van der Waals surface area contributed by atoms with Gasteiger partial charge in [-0.3, -0.25) is 9.18 Å². The van der Waals surface area contributed by atoms with Crippen molar-refractivity contribution in [2.24, 2.45) is 5.92 Å². The lowest BCUT2D eigenvalue weighted by atomic mass is 9.83. The molecule has 0 aromatic heterocycles. The monoisotopic (exact) mass is 629 g/mol. The Balaban J connectivity index is 2.80. The van der Waals surface area contributed by atoms with Crippen molar-refractivity contribution in [3.63, 3.8) is 0 Å². The number of unbranched alkanes of at least 4 members (excludes halogenated alkanes) is 8. The average molecular weight is 630 g/mol. The molecule has 43 heavy (non-hydrogen) atoms. The zero-order valence-corrected chi connectivity index (χ0v) is 26.1. The van der Waals surface area contributed by atoms with Gasteiger partial charge in [0, 0.05) is 12.8 Å². The third-order valence-corrected chi connectivity index (χ3v) is 9.11. The van der Waals surface area contributed by atoms with E-state index in [1.54, 1.807) is 0 Å². The van der Waals surface area contributed by atoms with Crippen LogP contribution in [0.4, 0.5) is 4.39 Å². The van der Waals surface area contributed by atoms with Gasteiger partial charge in [0.1, 0.15) is 21.6 Å². The predicted octanol–water partition coefficient (Wildman–Crippen LogP) is 4.28. The van der Waals surface area contributed by atoms with Crippen LogP contribution < -0.4 is 5.32 Å². The third kappa shape index (κ3) is 14.4. The van der Waals surface area contributed by atoms with Crippen LogP contribution in [-0.4, -0.2) is 78.5 Å². The summed E-state index contributed by atoms with van der Waals surface area (Å²) in [7, 11) is -1.95. The van der Waals surface area contributed by atoms with Gasteiger partial charge >= 0.3 is 11.9 Å². The number of phenolic OH excluding ortho intramolecular Hbond substituents is 1. The lowest BCUT2D eigenvalue weighted by Gasteiger charge is -2.30. The van der Waals surface area contributed by atoms with E-state index in [4.69, 9.17) is 4.74 Å². The lowest BCUT2D eigenvalue weighted by Crippen LogP contribution is -2.55. The van der Waals surface area contributed by atoms with Crippen molar-refractivity contribution in [3.8, 4) is 5.75 Å². The highest BCUT2D eigenvalue weighted by Crippen LogP contribution is 2.26. The Labute approximate surface area is 254 Å². The van der Waals surface area contributed by atoms with Crippen LogP contribution in [0, 0.1) is 5.92 Å². The number of methoxy groups -OCH3 is 1. The van der Waals surface area contributed by atoms with E-state index in [-0.39, 0.29) is 23.7 Å². The van der Waals surface area contributed by atoms with Crippen LogP contribution in [0.5, 0.6) is 5.75 Å². The highest BCUT2D eigenvalue weighted by Gasteiger charge is 2.47. The third-order valence-electron chi connectivity index (χ3n) is 7.28. The van der Waals surface area contributed by atoms with Gasteiger partial charge in [0.05, 0.1) is 31.2 Å². The first kappa shape index (κ1) is 38.0. The zero-order valence-electron chi connectivity index (χ0n) is 25.3. The molecule has 3 atom stereocenters. The minimum Gasteiger partial charge on any atom is -0.508 e. The van der Waals surface area contributed by atoms with Gasteiger partial charge in [0.25, 0.3) is 0 Å². The standard InChI is InChI=1S/C31H48FNO9S/c1-3-4-5-9-12-21-43(40,41)22-13-10-7-6-8-11-14-26(31(39,19-20-32)30(37)38)28(35)33-27(29(36)42-2)23-24-15-17-25(34)18-16-24/h11,14-18,26-27,34,39H,3-10,12-13,19-23H2,1-2H3,(H,33,35)(H,37,38)/b14-11+/t26-,27+,31+/m1/s1. The van der Waals surface area contributed by atoms with Crippen LogP contribution in [0.25, 0.3) is 0 Å². The molecular weight excluding hydrogens is 581 g/mol. The first-order valence-corrected chi connectivity index (χ1v) is 16.8. The summed E-state index contributed by atoms with van der Waals surface area (Å²) in [6.07, 6.45) is 9.67. The number of esters is 1. The number of aliphatic hydroxyl groups is 1. The number of nitrogens with one attached hydrogen (secondary N) is 1. The maximum absolute atomic E-state index is 13.3. The molecule has 0 bridgehead atoms. The molecule has 1 amide bonds. The van der Waals surface area contributed by atoms with Crippen molar-refractivity contribution in [1.29, 1.82) is 0 Å². The number of aromatic hydroxyl groups is 1. The summed E-state index contributed by atoms with van der Waals surface area (Å²) in [5, 5.41) is 32.5. The van der Waals surface area contributed by atoms with Gasteiger partial charge in [0.2, 0.25) is 5.91 Å². The van der Waals surface area contributed by atoms with Gasteiger partial charge in [-0.25, -0.2) is 18.0 Å². The summed E-state index contributed by atoms with van der Waals surface area (Å²) in [6.45, 7) is 0.907. The Hall–Kier alpha value is -2.99. The number of hydrogen-bond acceptors (Lipinski definition) is 8. The molecule has 0 aliphatic carbocycles. The van der Waals surface area contributed by atoms with Crippen LogP contribution in [-0.2, 0) is 35.4 Å². The molecule has 0 saturated carbocycles. The molecule has 1 aromatic carbocycles. The molecule has 0 spiro atoms. The molecule has 0 fully saturated rings. The van der Waals surface area contributed by atoms with Crippen molar-refractivity contribution < 1.29 is 47.2 Å². The largest absolute Gasteiger partial charge is 0.508 e. The lowest BCUT2D eigenvalue weighted by molar-refractivity contribution is -0.168. The van der Waals surface area contributed by atoms with E-state index in [0.717, 1.165) is 32.8 Å². The number of aliphatic carboxylic acids is 1. The van der Waals surface area contributed by atoms with Crippen LogP contribution in [0.3, 0.4) is 0 Å². The van der Waals surface area contributed by atoms with Gasteiger partial charge in [0.15, 0.2) is 5.60 Å². The number of carboxylic acids is 1. The average Bonchev–Trinajstić information content (AvgIpc) is 2.96. The minimum atomic E-state index is -3.07. The second-order valence-electron chi connectivity index (χ2n) is 10.8. The van der Waals surface area contributed by atoms with E-state index in [2.05, 4.69) is 12.2 Å². The molecule has 0 radical (unpaired) electrons. The molecule has 1 aromatic rings. The number of alkyl halides is 1. The highest BCUT2D eigenvalue weighted by molar-refractivity contribution is 7.91. The molecule has 12 heteroatoms. The van der Waals surface area contributed by atoms with E-state index >= 15 is 0 Å². The van der Waals surface area contributed by atoms with Crippen molar-refractivity contribution in [1.82, 2.24) is 5.32 Å². The van der Waals surface area contributed by atoms with E-state index < -0.39 is 58.3 Å². The Morgan fingerprint density at radius 1 is 1.00 bits per heavy atom. The molecule has 4 N–H and O–H groups in total. The maximum Gasteiger partial charge on any atom is 0.336 e. The van der Waals surface area contributed by atoms with Gasteiger partial charge in [-0.05, 0) is 43.4 Å². The number of carboxylic acid groups (broad SMARTS) is 1. The quantitative estimate of drug-likeness (QED) is 0.0785. The topological polar surface area (TPSA) is 167 Å². The maximum atomic E-state index is 13.3. The first-order chi connectivity index (χ1) is 20.4. The molecule has 10 nitrogen and oxygen atoms in total. The predicted molar refractivity (Wildman–Crippen MR) is 162 cm³/mol. The number of hydrogen-bond donors (Lipinski definition) is 4. The molecule has 244 valence electrons. The van der Waals surface area contributed by atoms with Crippen molar-refractivity contribution in [2.75, 3.05) is 25.3 Å². The number of phenols is 1. The fourth-order valence-corrected chi connectivity index (χ4v) is 6.16. The fraction of sp³-hybridized carbons (Fsp3) is 0.645. The highest BCUT2D eigenvalue weighted by atomic mass is 32.2. The minimum absolute atomic E-state index is 0.00329. The Kier molecular flexibility index (Phi) is 17.7. The second-order valence-corrected chi connectivity index (χ2v) is 13.1. The number of sulfone groups is 1. The normalized spacial score (nSPS) is 14.6. The van der Waals surface area contributed by atoms with E-state index in [0.29, 0.717) is 44.1 Å². The summed E-state index contributed by atoms with van der Waals surface area (Å²) >= 11 is 0. The summed E-state index contributed by atoms with van der Waals surface area (Å²) < 4.78 is 42.5. The second kappa shape index (κ2) is 20.1. The number of rotatable bonds is 23. The Morgan fingerprint density at radius 3 is 2.12 bits per heavy atom. The van der Waals surface area contributed by atoms with E-state index in [9.17, 15) is 42.5 Å². The number of carbonyl (C=O) groups is 3. The van der Waals surface area contributed by atoms with E-state index in [1.807, 2.05) is 0 Å². The van der Waals surface area contributed by atoms with Crippen molar-refractivity contribution in [3.05, 3.63) is 42.0 Å². The Morgan fingerprint density at radius 2 is 1.58 bits per heavy atom. The summed E-state index contributed by atoms with van der Waals surface area (Å²) in [4.78, 5) is 37.6. The molecule has 1 rings (SSSR count). The summed E-state index contributed by atoms with van der Waals surface area (Å²) in [5.41, 5.74) is -2.20. The SMILES string of the molecule is CCCCCCCS(=O)(=O)CCCCCC/C=C/[C@H](C(=O)N[C@@H](Cc1ccc(O)cc1)C(=O)OC)[C@@](O)(CCF)C(=O)O. The van der Waals surface area contributed by atoms with Crippen LogP contribution in [0.15, 0.2) is 36.4 Å². The number of allylic oxidation sites excluding steroid dienone is 1. The van der Waals surface area contributed by atoms with Gasteiger partial charge in [-0.2, -0.15) is 0 Å². The van der Waals surface area contributed by atoms with Crippen LogP contribution in [0.1, 0.15) is 83.1 Å². The number of halogens is 1. The molecule has 0 saturated heterocycles. The number of benzene rings is 1. The number of amides is 1. The molecule has 0 heterocycles. The van der Waals surface area contributed by atoms with Crippen LogP contribution in [0.2, 0.25) is 0 Å². The first-order valence-electron chi connectivity index (χ1n) is 14.9. The molecule has 0 unspecified atom stereocenters. The number of carbonyl (C=O) groups excluding carboxylic acids is 2. The van der Waals surface area contributed by atoms with Gasteiger partial charge in [-0.15, -0.1) is 0 Å². The molecule has 0 aliphatic rings.